The lowest BCUT2D eigenvalue weighted by Gasteiger charge is -2.11. The van der Waals surface area contributed by atoms with Gasteiger partial charge in [0.25, 0.3) is 0 Å². The highest BCUT2D eigenvalue weighted by Crippen LogP contribution is 2.22. The van der Waals surface area contributed by atoms with E-state index in [2.05, 4.69) is 19.2 Å². The van der Waals surface area contributed by atoms with Crippen LogP contribution in [0.5, 0.6) is 5.75 Å². The molecule has 0 aromatic heterocycles. The van der Waals surface area contributed by atoms with Gasteiger partial charge in [-0.05, 0) is 19.9 Å². The zero-order valence-corrected chi connectivity index (χ0v) is 8.29. The molecule has 0 aliphatic heterocycles. The number of hydrogen-bond donors (Lipinski definition) is 2. The summed E-state index contributed by atoms with van der Waals surface area (Å²) >= 11 is 0. The van der Waals surface area contributed by atoms with Crippen LogP contribution in [0.2, 0.25) is 0 Å². The third-order valence-corrected chi connectivity index (χ3v) is 1.62. The zero-order chi connectivity index (χ0) is 9.84. The number of nitrogen functional groups attached to an aromatic ring is 1. The average Bonchev–Trinajstić information content (AvgIpc) is 2.01. The lowest BCUT2D eigenvalue weighted by molar-refractivity contribution is 0.415. The Morgan fingerprint density at radius 1 is 1.31 bits per heavy atom. The lowest BCUT2D eigenvalue weighted by atomic mass is 10.2. The van der Waals surface area contributed by atoms with Crippen LogP contribution in [0.25, 0.3) is 0 Å². The summed E-state index contributed by atoms with van der Waals surface area (Å²) in [5.74, 6) is 0.781. The third kappa shape index (κ3) is 2.86. The van der Waals surface area contributed by atoms with Gasteiger partial charge in [0.2, 0.25) is 0 Å². The van der Waals surface area contributed by atoms with Gasteiger partial charge in [0.05, 0.1) is 7.11 Å². The van der Waals surface area contributed by atoms with Crippen LogP contribution >= 0.6 is 0 Å². The molecule has 0 spiro atoms. The standard InChI is InChI=1S/C10H16N2O/c1-7(2)12-9-4-8(11)5-10(6-9)13-3/h4-7,12H,11H2,1-3H3. The second-order valence-corrected chi connectivity index (χ2v) is 3.29. The van der Waals surface area contributed by atoms with E-state index < -0.39 is 0 Å². The number of benzene rings is 1. The van der Waals surface area contributed by atoms with Crippen molar-refractivity contribution in [3.63, 3.8) is 0 Å². The number of hydrogen-bond acceptors (Lipinski definition) is 3. The first-order chi connectivity index (χ1) is 6.11. The Kier molecular flexibility index (Phi) is 3.01. The maximum absolute atomic E-state index is 5.69. The normalized spacial score (nSPS) is 10.2. The van der Waals surface area contributed by atoms with E-state index in [1.54, 1.807) is 13.2 Å². The molecule has 3 N–H and O–H groups in total. The van der Waals surface area contributed by atoms with Gasteiger partial charge in [-0.15, -0.1) is 0 Å². The minimum Gasteiger partial charge on any atom is -0.497 e. The van der Waals surface area contributed by atoms with Gasteiger partial charge >= 0.3 is 0 Å². The number of anilines is 2. The summed E-state index contributed by atoms with van der Waals surface area (Å²) in [5.41, 5.74) is 7.39. The van der Waals surface area contributed by atoms with E-state index in [-0.39, 0.29) is 0 Å². The topological polar surface area (TPSA) is 47.3 Å². The smallest absolute Gasteiger partial charge is 0.122 e. The van der Waals surface area contributed by atoms with Crippen molar-refractivity contribution < 1.29 is 4.74 Å². The molecule has 0 amide bonds. The molecule has 0 saturated carbocycles. The van der Waals surface area contributed by atoms with Crippen LogP contribution < -0.4 is 15.8 Å². The number of nitrogens with one attached hydrogen (secondary N) is 1. The van der Waals surface area contributed by atoms with Gasteiger partial charge in [0.15, 0.2) is 0 Å². The molecule has 3 nitrogen and oxygen atoms in total. The maximum atomic E-state index is 5.69. The van der Waals surface area contributed by atoms with E-state index in [0.717, 1.165) is 11.4 Å². The Morgan fingerprint density at radius 2 is 2.00 bits per heavy atom. The van der Waals surface area contributed by atoms with Gasteiger partial charge in [-0.25, -0.2) is 0 Å². The predicted octanol–water partition coefficient (Wildman–Crippen LogP) is 2.10. The summed E-state index contributed by atoms with van der Waals surface area (Å²) in [5, 5.41) is 3.26. The van der Waals surface area contributed by atoms with E-state index in [1.165, 1.54) is 0 Å². The summed E-state index contributed by atoms with van der Waals surface area (Å²) in [7, 11) is 1.63. The molecule has 3 heteroatoms. The fraction of sp³-hybridized carbons (Fsp3) is 0.400. The summed E-state index contributed by atoms with van der Waals surface area (Å²) in [6, 6.07) is 6.01. The van der Waals surface area contributed by atoms with E-state index in [4.69, 9.17) is 10.5 Å². The zero-order valence-electron chi connectivity index (χ0n) is 8.29. The average molecular weight is 180 g/mol. The van der Waals surface area contributed by atoms with Gasteiger partial charge in [-0.2, -0.15) is 0 Å². The van der Waals surface area contributed by atoms with Crippen LogP contribution in [-0.4, -0.2) is 13.2 Å². The van der Waals surface area contributed by atoms with Crippen molar-refractivity contribution in [2.75, 3.05) is 18.2 Å². The van der Waals surface area contributed by atoms with Crippen LogP contribution in [-0.2, 0) is 0 Å². The molecule has 0 saturated heterocycles. The van der Waals surface area contributed by atoms with Crippen LogP contribution in [0.3, 0.4) is 0 Å². The van der Waals surface area contributed by atoms with Crippen LogP contribution in [0.4, 0.5) is 11.4 Å². The van der Waals surface area contributed by atoms with E-state index in [9.17, 15) is 0 Å². The van der Waals surface area contributed by atoms with Crippen molar-refractivity contribution in [1.29, 1.82) is 0 Å². The molecule has 1 aromatic rings. The van der Waals surface area contributed by atoms with Crippen LogP contribution in [0.1, 0.15) is 13.8 Å². The molecular weight excluding hydrogens is 164 g/mol. The molecule has 0 bridgehead atoms. The molecule has 0 unspecified atom stereocenters. The first-order valence-electron chi connectivity index (χ1n) is 4.33. The second kappa shape index (κ2) is 4.03. The highest BCUT2D eigenvalue weighted by molar-refractivity contribution is 5.59. The highest BCUT2D eigenvalue weighted by atomic mass is 16.5. The Labute approximate surface area is 78.9 Å². The maximum Gasteiger partial charge on any atom is 0.122 e. The highest BCUT2D eigenvalue weighted by Gasteiger charge is 1.99. The van der Waals surface area contributed by atoms with Crippen molar-refractivity contribution in [1.82, 2.24) is 0 Å². The fourth-order valence-electron chi connectivity index (χ4n) is 1.16. The number of rotatable bonds is 3. The first kappa shape index (κ1) is 9.71. The molecule has 0 aliphatic rings. The van der Waals surface area contributed by atoms with Crippen molar-refractivity contribution in [3.05, 3.63) is 18.2 Å². The van der Waals surface area contributed by atoms with E-state index >= 15 is 0 Å². The molecule has 0 radical (unpaired) electrons. The Hall–Kier alpha value is -1.38. The van der Waals surface area contributed by atoms with Gasteiger partial charge in [0, 0.05) is 29.5 Å². The van der Waals surface area contributed by atoms with Gasteiger partial charge in [0.1, 0.15) is 5.75 Å². The molecular formula is C10H16N2O. The largest absolute Gasteiger partial charge is 0.497 e. The molecule has 1 rings (SSSR count). The second-order valence-electron chi connectivity index (χ2n) is 3.29. The molecule has 0 heterocycles. The Bertz CT molecular complexity index is 284. The Morgan fingerprint density at radius 3 is 2.54 bits per heavy atom. The monoisotopic (exact) mass is 180 g/mol. The van der Waals surface area contributed by atoms with Crippen LogP contribution in [0.15, 0.2) is 18.2 Å². The molecule has 72 valence electrons. The lowest BCUT2D eigenvalue weighted by Crippen LogP contribution is -2.09. The van der Waals surface area contributed by atoms with E-state index in [0.29, 0.717) is 11.7 Å². The first-order valence-corrected chi connectivity index (χ1v) is 4.33. The summed E-state index contributed by atoms with van der Waals surface area (Å²) in [4.78, 5) is 0. The quantitative estimate of drug-likeness (QED) is 0.700. The molecule has 1 aromatic carbocycles. The van der Waals surface area contributed by atoms with Gasteiger partial charge in [-0.1, -0.05) is 0 Å². The van der Waals surface area contributed by atoms with E-state index in [1.807, 2.05) is 12.1 Å². The predicted molar refractivity (Wildman–Crippen MR) is 56.2 cm³/mol. The Balaban J connectivity index is 2.88. The van der Waals surface area contributed by atoms with Crippen molar-refractivity contribution in [2.45, 2.75) is 19.9 Å². The molecule has 0 fully saturated rings. The van der Waals surface area contributed by atoms with Crippen molar-refractivity contribution in [2.24, 2.45) is 0 Å². The summed E-state index contributed by atoms with van der Waals surface area (Å²) in [6.45, 7) is 4.16. The minimum absolute atomic E-state index is 0.395. The summed E-state index contributed by atoms with van der Waals surface area (Å²) in [6.07, 6.45) is 0. The summed E-state index contributed by atoms with van der Waals surface area (Å²) < 4.78 is 5.10. The van der Waals surface area contributed by atoms with Crippen molar-refractivity contribution >= 4 is 11.4 Å². The number of methoxy groups -OCH3 is 1. The fourth-order valence-corrected chi connectivity index (χ4v) is 1.16. The van der Waals surface area contributed by atoms with Gasteiger partial charge < -0.3 is 15.8 Å². The number of ether oxygens (including phenoxy) is 1. The van der Waals surface area contributed by atoms with Gasteiger partial charge in [-0.3, -0.25) is 0 Å². The SMILES string of the molecule is COc1cc(N)cc(NC(C)C)c1. The van der Waals surface area contributed by atoms with Crippen molar-refractivity contribution in [3.8, 4) is 5.75 Å². The van der Waals surface area contributed by atoms with Crippen LogP contribution in [0, 0.1) is 0 Å². The molecule has 0 aliphatic carbocycles. The third-order valence-electron chi connectivity index (χ3n) is 1.62. The molecule has 0 atom stereocenters. The number of nitrogens with two attached hydrogens (primary N) is 1. The minimum atomic E-state index is 0.395. The molecule has 13 heavy (non-hydrogen) atoms.